The predicted octanol–water partition coefficient (Wildman–Crippen LogP) is 2.01. The van der Waals surface area contributed by atoms with Crippen molar-refractivity contribution in [2.24, 2.45) is 0 Å². The molecule has 0 atom stereocenters. The van der Waals surface area contributed by atoms with Gasteiger partial charge in [-0.25, -0.2) is 9.78 Å². The highest BCUT2D eigenvalue weighted by molar-refractivity contribution is 5.86. The summed E-state index contributed by atoms with van der Waals surface area (Å²) in [6.45, 7) is 3.47. The summed E-state index contributed by atoms with van der Waals surface area (Å²) >= 11 is 0. The first kappa shape index (κ1) is 9.45. The molecule has 1 N–H and O–H groups in total. The van der Waals surface area contributed by atoms with Crippen molar-refractivity contribution in [3.63, 3.8) is 0 Å². The second kappa shape index (κ2) is 3.57. The first-order valence-corrected chi connectivity index (χ1v) is 4.40. The van der Waals surface area contributed by atoms with Crippen LogP contribution in [0, 0.1) is 0 Å². The van der Waals surface area contributed by atoms with Crippen LogP contribution in [-0.4, -0.2) is 16.1 Å². The summed E-state index contributed by atoms with van der Waals surface area (Å²) in [4.78, 5) is 14.6. The number of carboxylic acid groups (broad SMARTS) is 1. The number of fused-ring (bicyclic) bond motifs is 1. The molecule has 0 aliphatic carbocycles. The maximum Gasteiger partial charge on any atom is 0.331 e. The summed E-state index contributed by atoms with van der Waals surface area (Å²) < 4.78 is 5.11. The Morgan fingerprint density at radius 1 is 1.53 bits per heavy atom. The van der Waals surface area contributed by atoms with Crippen LogP contribution in [0.3, 0.4) is 0 Å². The monoisotopic (exact) mass is 203 g/mol. The second-order valence-electron chi connectivity index (χ2n) is 3.24. The van der Waals surface area contributed by atoms with E-state index in [9.17, 15) is 4.79 Å². The van der Waals surface area contributed by atoms with Crippen LogP contribution >= 0.6 is 0 Å². The third-order valence-electron chi connectivity index (χ3n) is 2.12. The summed E-state index contributed by atoms with van der Waals surface area (Å²) in [7, 11) is 0. The largest absolute Gasteiger partial charge is 0.478 e. The number of aliphatic carboxylic acids is 1. The van der Waals surface area contributed by atoms with E-state index < -0.39 is 5.97 Å². The zero-order valence-electron chi connectivity index (χ0n) is 7.93. The molecule has 0 radical (unpaired) electrons. The van der Waals surface area contributed by atoms with E-state index >= 15 is 0 Å². The molecule has 0 bridgehead atoms. The van der Waals surface area contributed by atoms with Crippen molar-refractivity contribution >= 4 is 17.1 Å². The highest BCUT2D eigenvalue weighted by atomic mass is 16.4. The Hall–Kier alpha value is -2.10. The lowest BCUT2D eigenvalue weighted by Gasteiger charge is -2.00. The van der Waals surface area contributed by atoms with E-state index in [1.807, 2.05) is 6.07 Å². The molecule has 0 aliphatic heterocycles. The zero-order chi connectivity index (χ0) is 10.8. The number of hydrogen-bond acceptors (Lipinski definition) is 3. The molecule has 0 saturated carbocycles. The molecule has 4 nitrogen and oxygen atoms in total. The fraction of sp³-hybridized carbons (Fsp3) is 0.0909. The Labute approximate surface area is 85.9 Å². The van der Waals surface area contributed by atoms with Gasteiger partial charge in [0.2, 0.25) is 0 Å². The molecule has 0 aliphatic rings. The molecule has 2 rings (SSSR count). The first-order valence-electron chi connectivity index (χ1n) is 4.40. The van der Waals surface area contributed by atoms with Gasteiger partial charge >= 0.3 is 5.97 Å². The van der Waals surface area contributed by atoms with Crippen molar-refractivity contribution in [3.05, 3.63) is 42.3 Å². The molecule has 0 fully saturated rings. The van der Waals surface area contributed by atoms with Crippen LogP contribution in [-0.2, 0) is 11.2 Å². The quantitative estimate of drug-likeness (QED) is 0.775. The Bertz CT molecular complexity index is 527. The van der Waals surface area contributed by atoms with E-state index in [-0.39, 0.29) is 5.57 Å². The van der Waals surface area contributed by atoms with Crippen molar-refractivity contribution < 1.29 is 14.3 Å². The first-order chi connectivity index (χ1) is 7.16. The standard InChI is InChI=1S/C11H9NO3/c1-7(11(13)14)4-8-2-3-9-10(5-8)15-6-12-9/h2-3,5-6H,1,4H2,(H,13,14). The van der Waals surface area contributed by atoms with E-state index in [1.165, 1.54) is 6.39 Å². The maximum atomic E-state index is 10.6. The van der Waals surface area contributed by atoms with Crippen LogP contribution in [0.4, 0.5) is 0 Å². The van der Waals surface area contributed by atoms with Gasteiger partial charge in [0.1, 0.15) is 5.52 Å². The van der Waals surface area contributed by atoms with E-state index in [0.29, 0.717) is 12.0 Å². The van der Waals surface area contributed by atoms with Crippen LogP contribution in [0.1, 0.15) is 5.56 Å². The maximum absolute atomic E-state index is 10.6. The number of nitrogens with zero attached hydrogens (tertiary/aromatic N) is 1. The molecule has 2 aromatic rings. The molecule has 1 aromatic carbocycles. The van der Waals surface area contributed by atoms with E-state index in [2.05, 4.69) is 11.6 Å². The summed E-state index contributed by atoms with van der Waals surface area (Å²) in [6, 6.07) is 5.39. The number of rotatable bonds is 3. The highest BCUT2D eigenvalue weighted by Gasteiger charge is 2.06. The van der Waals surface area contributed by atoms with Gasteiger partial charge < -0.3 is 9.52 Å². The Morgan fingerprint density at radius 2 is 2.33 bits per heavy atom. The predicted molar refractivity (Wildman–Crippen MR) is 54.5 cm³/mol. The lowest BCUT2D eigenvalue weighted by Crippen LogP contribution is -2.01. The van der Waals surface area contributed by atoms with Gasteiger partial charge in [0, 0.05) is 12.0 Å². The normalized spacial score (nSPS) is 10.4. The molecule has 0 amide bonds. The summed E-state index contributed by atoms with van der Waals surface area (Å²) in [6.07, 6.45) is 1.67. The number of carboxylic acids is 1. The SMILES string of the molecule is C=C(Cc1ccc2ncoc2c1)C(=O)O. The van der Waals surface area contributed by atoms with Crippen LogP contribution in [0.2, 0.25) is 0 Å². The van der Waals surface area contributed by atoms with Crippen molar-refractivity contribution in [1.82, 2.24) is 4.98 Å². The molecule has 4 heteroatoms. The smallest absolute Gasteiger partial charge is 0.331 e. The zero-order valence-corrected chi connectivity index (χ0v) is 7.93. The molecule has 1 aromatic heterocycles. The number of oxazole rings is 1. The third-order valence-corrected chi connectivity index (χ3v) is 2.12. The van der Waals surface area contributed by atoms with Crippen LogP contribution in [0.15, 0.2) is 41.2 Å². The molecule has 0 spiro atoms. The van der Waals surface area contributed by atoms with Gasteiger partial charge in [-0.05, 0) is 17.7 Å². The van der Waals surface area contributed by atoms with Gasteiger partial charge in [-0.3, -0.25) is 0 Å². The lowest BCUT2D eigenvalue weighted by atomic mass is 10.1. The molecule has 15 heavy (non-hydrogen) atoms. The Morgan fingerprint density at radius 3 is 3.07 bits per heavy atom. The number of hydrogen-bond donors (Lipinski definition) is 1. The highest BCUT2D eigenvalue weighted by Crippen LogP contribution is 2.16. The Balaban J connectivity index is 2.28. The Kier molecular flexibility index (Phi) is 2.25. The topological polar surface area (TPSA) is 63.3 Å². The molecular weight excluding hydrogens is 194 g/mol. The fourth-order valence-corrected chi connectivity index (χ4v) is 1.33. The summed E-state index contributed by atoms with van der Waals surface area (Å²) in [5.74, 6) is -0.979. The number of carbonyl (C=O) groups is 1. The summed E-state index contributed by atoms with van der Waals surface area (Å²) in [5.41, 5.74) is 2.44. The van der Waals surface area contributed by atoms with Gasteiger partial charge in [-0.2, -0.15) is 0 Å². The van der Waals surface area contributed by atoms with E-state index in [4.69, 9.17) is 9.52 Å². The average molecular weight is 203 g/mol. The summed E-state index contributed by atoms with van der Waals surface area (Å²) in [5, 5.41) is 8.68. The molecular formula is C11H9NO3. The van der Waals surface area contributed by atoms with Crippen LogP contribution < -0.4 is 0 Å². The minimum atomic E-state index is -0.979. The van der Waals surface area contributed by atoms with E-state index in [1.54, 1.807) is 12.1 Å². The minimum absolute atomic E-state index is 0.161. The van der Waals surface area contributed by atoms with E-state index in [0.717, 1.165) is 11.1 Å². The van der Waals surface area contributed by atoms with Crippen molar-refractivity contribution in [2.75, 3.05) is 0 Å². The molecule has 76 valence electrons. The fourth-order valence-electron chi connectivity index (χ4n) is 1.33. The molecule has 0 saturated heterocycles. The van der Waals surface area contributed by atoms with Gasteiger partial charge in [-0.1, -0.05) is 12.6 Å². The van der Waals surface area contributed by atoms with Gasteiger partial charge in [-0.15, -0.1) is 0 Å². The third kappa shape index (κ3) is 1.88. The number of aromatic nitrogens is 1. The van der Waals surface area contributed by atoms with Crippen molar-refractivity contribution in [3.8, 4) is 0 Å². The molecule has 1 heterocycles. The van der Waals surface area contributed by atoms with Crippen molar-refractivity contribution in [2.45, 2.75) is 6.42 Å². The average Bonchev–Trinajstić information content (AvgIpc) is 2.64. The second-order valence-corrected chi connectivity index (χ2v) is 3.24. The minimum Gasteiger partial charge on any atom is -0.478 e. The van der Waals surface area contributed by atoms with Gasteiger partial charge in [0.25, 0.3) is 0 Å². The van der Waals surface area contributed by atoms with Gasteiger partial charge in [0.05, 0.1) is 0 Å². The van der Waals surface area contributed by atoms with Gasteiger partial charge in [0.15, 0.2) is 12.0 Å². The van der Waals surface area contributed by atoms with Crippen LogP contribution in [0.5, 0.6) is 0 Å². The van der Waals surface area contributed by atoms with Crippen LogP contribution in [0.25, 0.3) is 11.1 Å². The number of benzene rings is 1. The molecule has 0 unspecified atom stereocenters. The van der Waals surface area contributed by atoms with Crippen molar-refractivity contribution in [1.29, 1.82) is 0 Å². The lowest BCUT2D eigenvalue weighted by molar-refractivity contribution is -0.132.